The summed E-state index contributed by atoms with van der Waals surface area (Å²) >= 11 is 0. The fourth-order valence-electron chi connectivity index (χ4n) is 2.26. The number of carbonyl (C=O) groups is 1. The van der Waals surface area contributed by atoms with Crippen molar-refractivity contribution in [3.63, 3.8) is 0 Å². The summed E-state index contributed by atoms with van der Waals surface area (Å²) in [7, 11) is 3.13. The highest BCUT2D eigenvalue weighted by Crippen LogP contribution is 2.28. The number of anilines is 2. The molecule has 2 N–H and O–H groups in total. The average Bonchev–Trinajstić information content (AvgIpc) is 2.67. The Morgan fingerprint density at radius 3 is 2.35 bits per heavy atom. The topological polar surface area (TPSA) is 68.8 Å². The summed E-state index contributed by atoms with van der Waals surface area (Å²) in [5.41, 5.74) is 1.41. The van der Waals surface area contributed by atoms with Crippen LogP contribution in [-0.4, -0.2) is 32.8 Å². The van der Waals surface area contributed by atoms with E-state index in [1.54, 1.807) is 32.4 Å². The Kier molecular flexibility index (Phi) is 7.14. The minimum absolute atomic E-state index is 0.131. The predicted octanol–water partition coefficient (Wildman–Crippen LogP) is 3.93. The van der Waals surface area contributed by atoms with Crippen LogP contribution < -0.4 is 24.8 Å². The molecule has 0 saturated carbocycles. The molecule has 6 heteroatoms. The molecule has 0 aliphatic carbocycles. The molecule has 0 saturated heterocycles. The van der Waals surface area contributed by atoms with Gasteiger partial charge in [-0.15, -0.1) is 0 Å². The maximum atomic E-state index is 12.2. The summed E-state index contributed by atoms with van der Waals surface area (Å²) in [6.07, 6.45) is 1.13. The van der Waals surface area contributed by atoms with Gasteiger partial charge in [0.25, 0.3) is 0 Å². The lowest BCUT2D eigenvalue weighted by atomic mass is 10.2. The van der Waals surface area contributed by atoms with Gasteiger partial charge in [-0.1, -0.05) is 6.92 Å². The highest BCUT2D eigenvalue weighted by atomic mass is 16.5. The van der Waals surface area contributed by atoms with Crippen molar-refractivity contribution < 1.29 is 19.0 Å². The first-order valence-electron chi connectivity index (χ1n) is 8.58. The molecular formula is C20H26N2O4. The van der Waals surface area contributed by atoms with Crippen LogP contribution in [0.5, 0.6) is 17.2 Å². The number of ether oxygens (including phenoxy) is 3. The second-order valence-electron chi connectivity index (χ2n) is 5.83. The van der Waals surface area contributed by atoms with Crippen molar-refractivity contribution in [3.05, 3.63) is 42.5 Å². The number of hydrogen-bond acceptors (Lipinski definition) is 5. The summed E-state index contributed by atoms with van der Waals surface area (Å²) in [5, 5.41) is 5.91. The molecule has 26 heavy (non-hydrogen) atoms. The van der Waals surface area contributed by atoms with Crippen molar-refractivity contribution in [2.45, 2.75) is 26.4 Å². The van der Waals surface area contributed by atoms with Gasteiger partial charge in [0, 0.05) is 11.8 Å². The molecule has 0 aliphatic heterocycles. The van der Waals surface area contributed by atoms with Gasteiger partial charge in [-0.3, -0.25) is 4.79 Å². The monoisotopic (exact) mass is 358 g/mol. The minimum Gasteiger partial charge on any atom is -0.497 e. The smallest absolute Gasteiger partial charge is 0.243 e. The van der Waals surface area contributed by atoms with E-state index < -0.39 is 0 Å². The highest BCUT2D eigenvalue weighted by Gasteiger charge is 2.09. The Bertz CT molecular complexity index is 716. The van der Waals surface area contributed by atoms with Gasteiger partial charge < -0.3 is 24.8 Å². The van der Waals surface area contributed by atoms with Crippen molar-refractivity contribution >= 4 is 17.3 Å². The summed E-state index contributed by atoms with van der Waals surface area (Å²) in [5.74, 6) is 1.85. The number of carbonyl (C=O) groups excluding carboxylic acids is 1. The summed E-state index contributed by atoms with van der Waals surface area (Å²) in [4.78, 5) is 12.2. The first-order valence-corrected chi connectivity index (χ1v) is 8.58. The zero-order valence-corrected chi connectivity index (χ0v) is 15.7. The van der Waals surface area contributed by atoms with Crippen LogP contribution in [-0.2, 0) is 4.79 Å². The van der Waals surface area contributed by atoms with Gasteiger partial charge >= 0.3 is 0 Å². The van der Waals surface area contributed by atoms with Crippen LogP contribution in [0.25, 0.3) is 0 Å². The van der Waals surface area contributed by atoms with Gasteiger partial charge in [-0.05, 0) is 49.7 Å². The molecule has 0 aromatic heterocycles. The second kappa shape index (κ2) is 9.56. The number of hydrogen-bond donors (Lipinski definition) is 2. The number of benzene rings is 2. The van der Waals surface area contributed by atoms with E-state index in [1.165, 1.54) is 0 Å². The van der Waals surface area contributed by atoms with E-state index in [0.717, 1.165) is 17.9 Å². The molecule has 0 spiro atoms. The molecule has 0 radical (unpaired) electrons. The fourth-order valence-corrected chi connectivity index (χ4v) is 2.26. The molecule has 1 unspecified atom stereocenters. The van der Waals surface area contributed by atoms with Crippen molar-refractivity contribution in [1.82, 2.24) is 0 Å². The SMILES string of the molecule is CCC(C)Oc1ccc(NCC(=O)Nc2cc(OC)ccc2OC)cc1. The summed E-state index contributed by atoms with van der Waals surface area (Å²) < 4.78 is 16.2. The zero-order valence-electron chi connectivity index (χ0n) is 15.7. The van der Waals surface area contributed by atoms with E-state index in [-0.39, 0.29) is 18.6 Å². The van der Waals surface area contributed by atoms with E-state index in [9.17, 15) is 4.79 Å². The van der Waals surface area contributed by atoms with Crippen LogP contribution in [0.4, 0.5) is 11.4 Å². The summed E-state index contributed by atoms with van der Waals surface area (Å²) in [6, 6.07) is 12.8. The molecule has 0 aliphatic rings. The van der Waals surface area contributed by atoms with Gasteiger partial charge in [0.2, 0.25) is 5.91 Å². The molecule has 2 aromatic carbocycles. The van der Waals surface area contributed by atoms with Crippen LogP contribution in [0, 0.1) is 0 Å². The van der Waals surface area contributed by atoms with Crippen molar-refractivity contribution in [3.8, 4) is 17.2 Å². The molecule has 0 heterocycles. The van der Waals surface area contributed by atoms with Crippen molar-refractivity contribution in [1.29, 1.82) is 0 Å². The number of amides is 1. The highest BCUT2D eigenvalue weighted by molar-refractivity contribution is 5.95. The first kappa shape index (κ1) is 19.4. The Morgan fingerprint density at radius 1 is 1.04 bits per heavy atom. The van der Waals surface area contributed by atoms with Gasteiger partial charge in [0.05, 0.1) is 32.6 Å². The molecule has 140 valence electrons. The molecular weight excluding hydrogens is 332 g/mol. The third-order valence-corrected chi connectivity index (χ3v) is 3.90. The standard InChI is InChI=1S/C20H26N2O4/c1-5-14(2)26-16-8-6-15(7-9-16)21-13-20(23)22-18-12-17(24-3)10-11-19(18)25-4/h6-12,14,21H,5,13H2,1-4H3,(H,22,23). The number of rotatable bonds is 9. The molecule has 2 aromatic rings. The van der Waals surface area contributed by atoms with Crippen LogP contribution in [0.1, 0.15) is 20.3 Å². The Morgan fingerprint density at radius 2 is 1.73 bits per heavy atom. The summed E-state index contributed by atoms with van der Waals surface area (Å²) in [6.45, 7) is 4.24. The average molecular weight is 358 g/mol. The largest absolute Gasteiger partial charge is 0.497 e. The van der Waals surface area contributed by atoms with Crippen LogP contribution >= 0.6 is 0 Å². The van der Waals surface area contributed by atoms with Crippen molar-refractivity contribution in [2.24, 2.45) is 0 Å². The van der Waals surface area contributed by atoms with E-state index in [2.05, 4.69) is 17.6 Å². The Balaban J connectivity index is 1.91. The lowest BCUT2D eigenvalue weighted by Crippen LogP contribution is -2.22. The van der Waals surface area contributed by atoms with Crippen LogP contribution in [0.3, 0.4) is 0 Å². The molecule has 2 rings (SSSR count). The Labute approximate surface area is 154 Å². The maximum absolute atomic E-state index is 12.2. The van der Waals surface area contributed by atoms with E-state index >= 15 is 0 Å². The van der Waals surface area contributed by atoms with Gasteiger partial charge in [0.15, 0.2) is 0 Å². The Hall–Kier alpha value is -2.89. The van der Waals surface area contributed by atoms with Gasteiger partial charge in [-0.25, -0.2) is 0 Å². The van der Waals surface area contributed by atoms with Gasteiger partial charge in [0.1, 0.15) is 17.2 Å². The molecule has 0 bridgehead atoms. The lowest BCUT2D eigenvalue weighted by Gasteiger charge is -2.14. The van der Waals surface area contributed by atoms with E-state index in [1.807, 2.05) is 31.2 Å². The molecule has 1 atom stereocenters. The van der Waals surface area contributed by atoms with Crippen molar-refractivity contribution in [2.75, 3.05) is 31.4 Å². The zero-order chi connectivity index (χ0) is 18.9. The quantitative estimate of drug-likeness (QED) is 0.711. The molecule has 1 amide bonds. The minimum atomic E-state index is -0.184. The number of nitrogens with one attached hydrogen (secondary N) is 2. The molecule has 6 nitrogen and oxygen atoms in total. The van der Waals surface area contributed by atoms with Crippen LogP contribution in [0.2, 0.25) is 0 Å². The second-order valence-corrected chi connectivity index (χ2v) is 5.83. The normalized spacial score (nSPS) is 11.4. The third-order valence-electron chi connectivity index (χ3n) is 3.90. The van der Waals surface area contributed by atoms with Crippen LogP contribution in [0.15, 0.2) is 42.5 Å². The predicted molar refractivity (Wildman–Crippen MR) is 103 cm³/mol. The fraction of sp³-hybridized carbons (Fsp3) is 0.350. The van der Waals surface area contributed by atoms with E-state index in [0.29, 0.717) is 17.2 Å². The maximum Gasteiger partial charge on any atom is 0.243 e. The first-order chi connectivity index (χ1) is 12.5. The number of methoxy groups -OCH3 is 2. The lowest BCUT2D eigenvalue weighted by molar-refractivity contribution is -0.114. The van der Waals surface area contributed by atoms with Gasteiger partial charge in [-0.2, -0.15) is 0 Å². The molecule has 0 fully saturated rings. The van der Waals surface area contributed by atoms with E-state index in [4.69, 9.17) is 14.2 Å². The third kappa shape index (κ3) is 5.58.